The number of allylic oxidation sites excluding steroid dienone is 1. The number of hydrazine groups is 1. The van der Waals surface area contributed by atoms with Gasteiger partial charge in [-0.1, -0.05) is 23.8 Å². The highest BCUT2D eigenvalue weighted by Gasteiger charge is 2.14. The molecule has 0 radical (unpaired) electrons. The molecule has 1 aliphatic rings. The Bertz CT molecular complexity index is 401. The molecule has 1 unspecified atom stereocenters. The molecule has 0 saturated carbocycles. The van der Waals surface area contributed by atoms with Crippen molar-refractivity contribution in [1.82, 2.24) is 5.43 Å². The van der Waals surface area contributed by atoms with Gasteiger partial charge in [-0.2, -0.15) is 0 Å². The second kappa shape index (κ2) is 5.94. The summed E-state index contributed by atoms with van der Waals surface area (Å²) in [5, 5.41) is 0. The largest absolute Gasteiger partial charge is 0.271 e. The summed E-state index contributed by atoms with van der Waals surface area (Å²) in [6.07, 6.45) is 8.02. The van der Waals surface area contributed by atoms with E-state index in [0.29, 0.717) is 0 Å². The van der Waals surface area contributed by atoms with Crippen LogP contribution in [0.4, 0.5) is 4.39 Å². The summed E-state index contributed by atoms with van der Waals surface area (Å²) in [4.78, 5) is 0. The van der Waals surface area contributed by atoms with Gasteiger partial charge in [0.15, 0.2) is 0 Å². The van der Waals surface area contributed by atoms with Gasteiger partial charge in [-0.3, -0.25) is 11.3 Å². The molecule has 0 heterocycles. The summed E-state index contributed by atoms with van der Waals surface area (Å²) >= 11 is 0. The van der Waals surface area contributed by atoms with Gasteiger partial charge in [-0.05, 0) is 49.8 Å². The monoisotopic (exact) mass is 234 g/mol. The van der Waals surface area contributed by atoms with Gasteiger partial charge >= 0.3 is 0 Å². The highest BCUT2D eigenvalue weighted by atomic mass is 19.1. The normalized spacial score (nSPS) is 17.6. The van der Waals surface area contributed by atoms with E-state index < -0.39 is 0 Å². The molecule has 0 amide bonds. The Morgan fingerprint density at radius 3 is 2.88 bits per heavy atom. The fourth-order valence-electron chi connectivity index (χ4n) is 2.35. The molecule has 0 saturated heterocycles. The van der Waals surface area contributed by atoms with E-state index in [-0.39, 0.29) is 11.9 Å². The van der Waals surface area contributed by atoms with Crippen LogP contribution in [0, 0.1) is 5.82 Å². The van der Waals surface area contributed by atoms with Crippen LogP contribution in [0.3, 0.4) is 0 Å². The van der Waals surface area contributed by atoms with Crippen molar-refractivity contribution in [2.45, 2.75) is 38.1 Å². The van der Waals surface area contributed by atoms with Crippen LogP contribution in [-0.2, 0) is 0 Å². The number of hydrogen-bond donors (Lipinski definition) is 2. The molecule has 1 aliphatic carbocycles. The molecule has 2 nitrogen and oxygen atoms in total. The second-order valence-corrected chi connectivity index (χ2v) is 4.59. The maximum absolute atomic E-state index is 13.2. The number of nitrogens with two attached hydrogens (primary N) is 1. The Morgan fingerprint density at radius 1 is 1.35 bits per heavy atom. The van der Waals surface area contributed by atoms with E-state index in [0.717, 1.165) is 24.8 Å². The third-order valence-corrected chi connectivity index (χ3v) is 3.30. The van der Waals surface area contributed by atoms with Crippen molar-refractivity contribution in [3.63, 3.8) is 0 Å². The molecule has 2 rings (SSSR count). The lowest BCUT2D eigenvalue weighted by molar-refractivity contribution is 0.524. The Labute approximate surface area is 102 Å². The lowest BCUT2D eigenvalue weighted by Crippen LogP contribution is -2.28. The molecule has 0 aromatic heterocycles. The Balaban J connectivity index is 2.08. The number of benzene rings is 1. The highest BCUT2D eigenvalue weighted by molar-refractivity contribution is 5.22. The molecule has 1 atom stereocenters. The predicted molar refractivity (Wildman–Crippen MR) is 67.6 cm³/mol. The number of rotatable bonds is 4. The van der Waals surface area contributed by atoms with Crippen molar-refractivity contribution in [3.8, 4) is 0 Å². The van der Waals surface area contributed by atoms with E-state index in [2.05, 4.69) is 11.5 Å². The maximum Gasteiger partial charge on any atom is 0.123 e. The van der Waals surface area contributed by atoms with E-state index in [4.69, 9.17) is 5.84 Å². The first kappa shape index (κ1) is 12.3. The third kappa shape index (κ3) is 3.38. The topological polar surface area (TPSA) is 38.0 Å². The smallest absolute Gasteiger partial charge is 0.123 e. The average molecular weight is 234 g/mol. The van der Waals surface area contributed by atoms with Crippen molar-refractivity contribution >= 4 is 0 Å². The van der Waals surface area contributed by atoms with Crippen molar-refractivity contribution in [2.24, 2.45) is 5.84 Å². The maximum atomic E-state index is 13.2. The zero-order valence-electron chi connectivity index (χ0n) is 9.95. The molecule has 92 valence electrons. The highest BCUT2D eigenvalue weighted by Crippen LogP contribution is 2.27. The number of hydrogen-bond acceptors (Lipinski definition) is 2. The zero-order chi connectivity index (χ0) is 12.1. The van der Waals surface area contributed by atoms with Crippen LogP contribution in [-0.4, -0.2) is 0 Å². The lowest BCUT2D eigenvalue weighted by atomic mass is 9.92. The van der Waals surface area contributed by atoms with Crippen LogP contribution in [0.25, 0.3) is 0 Å². The third-order valence-electron chi connectivity index (χ3n) is 3.30. The first-order valence-corrected chi connectivity index (χ1v) is 6.19. The molecule has 0 spiro atoms. The quantitative estimate of drug-likeness (QED) is 0.477. The molecule has 0 fully saturated rings. The summed E-state index contributed by atoms with van der Waals surface area (Å²) in [5.74, 6) is 5.36. The molecule has 1 aromatic rings. The summed E-state index contributed by atoms with van der Waals surface area (Å²) < 4.78 is 13.2. The van der Waals surface area contributed by atoms with Crippen LogP contribution in [0.5, 0.6) is 0 Å². The predicted octanol–water partition coefficient (Wildman–Crippen LogP) is 3.22. The van der Waals surface area contributed by atoms with Gasteiger partial charge in [-0.25, -0.2) is 4.39 Å². The Kier molecular flexibility index (Phi) is 4.29. The minimum absolute atomic E-state index is 0.00931. The van der Waals surface area contributed by atoms with Gasteiger partial charge in [0, 0.05) is 6.04 Å². The number of nitrogens with one attached hydrogen (secondary N) is 1. The first-order chi connectivity index (χ1) is 8.29. The van der Waals surface area contributed by atoms with Crippen LogP contribution in [0.2, 0.25) is 0 Å². The molecule has 0 aliphatic heterocycles. The molecule has 3 N–H and O–H groups in total. The Morgan fingerprint density at radius 2 is 2.24 bits per heavy atom. The standard InChI is InChI=1S/C14H19FN2/c15-13-8-4-7-12(10-13)14(17-16)9-11-5-2-1-3-6-11/h4-5,7-8,10,14,17H,1-3,6,9,16H2. The van der Waals surface area contributed by atoms with Gasteiger partial charge in [0.2, 0.25) is 0 Å². The van der Waals surface area contributed by atoms with E-state index >= 15 is 0 Å². The van der Waals surface area contributed by atoms with Crippen molar-refractivity contribution in [1.29, 1.82) is 0 Å². The van der Waals surface area contributed by atoms with Gasteiger partial charge in [0.05, 0.1) is 0 Å². The molecule has 0 bridgehead atoms. The van der Waals surface area contributed by atoms with Crippen molar-refractivity contribution in [3.05, 3.63) is 47.3 Å². The van der Waals surface area contributed by atoms with E-state index in [9.17, 15) is 4.39 Å². The summed E-state index contributed by atoms with van der Waals surface area (Å²) in [7, 11) is 0. The van der Waals surface area contributed by atoms with Crippen LogP contribution in [0.1, 0.15) is 43.7 Å². The van der Waals surface area contributed by atoms with Crippen LogP contribution in [0.15, 0.2) is 35.9 Å². The van der Waals surface area contributed by atoms with E-state index in [1.54, 1.807) is 12.1 Å². The second-order valence-electron chi connectivity index (χ2n) is 4.59. The minimum atomic E-state index is -0.208. The molecule has 1 aromatic carbocycles. The van der Waals surface area contributed by atoms with Crippen molar-refractivity contribution in [2.75, 3.05) is 0 Å². The molecular formula is C14H19FN2. The fourth-order valence-corrected chi connectivity index (χ4v) is 2.35. The molecular weight excluding hydrogens is 215 g/mol. The van der Waals surface area contributed by atoms with Crippen LogP contribution < -0.4 is 11.3 Å². The van der Waals surface area contributed by atoms with E-state index in [1.165, 1.54) is 24.5 Å². The van der Waals surface area contributed by atoms with Gasteiger partial charge in [-0.15, -0.1) is 0 Å². The zero-order valence-corrected chi connectivity index (χ0v) is 9.95. The first-order valence-electron chi connectivity index (χ1n) is 6.19. The van der Waals surface area contributed by atoms with Gasteiger partial charge < -0.3 is 0 Å². The summed E-state index contributed by atoms with van der Waals surface area (Å²) in [5.41, 5.74) is 5.13. The molecule has 17 heavy (non-hydrogen) atoms. The molecule has 3 heteroatoms. The Hall–Kier alpha value is -1.19. The summed E-state index contributed by atoms with van der Waals surface area (Å²) in [6, 6.07) is 6.65. The van der Waals surface area contributed by atoms with Gasteiger partial charge in [0.1, 0.15) is 5.82 Å². The minimum Gasteiger partial charge on any atom is -0.271 e. The van der Waals surface area contributed by atoms with Gasteiger partial charge in [0.25, 0.3) is 0 Å². The van der Waals surface area contributed by atoms with E-state index in [1.807, 2.05) is 6.07 Å². The average Bonchev–Trinajstić information content (AvgIpc) is 2.37. The number of halogens is 1. The fraction of sp³-hybridized carbons (Fsp3) is 0.429. The van der Waals surface area contributed by atoms with Crippen LogP contribution >= 0.6 is 0 Å². The summed E-state index contributed by atoms with van der Waals surface area (Å²) in [6.45, 7) is 0. The SMILES string of the molecule is NNC(CC1=CCCCC1)c1cccc(F)c1. The lowest BCUT2D eigenvalue weighted by Gasteiger charge is -2.20. The van der Waals surface area contributed by atoms with Crippen molar-refractivity contribution < 1.29 is 4.39 Å².